The SMILES string of the molecule is CC(=O)OC[C@@H]1CN=C(c2ccccc2NC(=O)c2ccccc2)O1. The van der Waals surface area contributed by atoms with Gasteiger partial charge in [0.05, 0.1) is 17.8 Å². The molecule has 0 saturated heterocycles. The summed E-state index contributed by atoms with van der Waals surface area (Å²) in [6, 6.07) is 16.3. The molecule has 1 N–H and O–H groups in total. The highest BCUT2D eigenvalue weighted by Crippen LogP contribution is 2.21. The number of nitrogens with zero attached hydrogens (tertiary/aromatic N) is 1. The van der Waals surface area contributed by atoms with Crippen LogP contribution >= 0.6 is 0 Å². The number of rotatable bonds is 5. The molecule has 25 heavy (non-hydrogen) atoms. The summed E-state index contributed by atoms with van der Waals surface area (Å²) < 4.78 is 10.7. The van der Waals surface area contributed by atoms with E-state index in [0.717, 1.165) is 0 Å². The first-order valence-corrected chi connectivity index (χ1v) is 7.94. The first-order valence-electron chi connectivity index (χ1n) is 7.94. The quantitative estimate of drug-likeness (QED) is 0.850. The predicted molar refractivity (Wildman–Crippen MR) is 93.7 cm³/mol. The number of aliphatic imine (C=N–C) groups is 1. The molecule has 0 aliphatic carbocycles. The average Bonchev–Trinajstić information content (AvgIpc) is 3.10. The van der Waals surface area contributed by atoms with Gasteiger partial charge in [-0.15, -0.1) is 0 Å². The highest BCUT2D eigenvalue weighted by Gasteiger charge is 2.24. The predicted octanol–water partition coefficient (Wildman–Crippen LogP) is 2.65. The maximum atomic E-state index is 12.4. The first-order chi connectivity index (χ1) is 12.1. The highest BCUT2D eigenvalue weighted by molar-refractivity contribution is 6.09. The van der Waals surface area contributed by atoms with Crippen LogP contribution in [-0.2, 0) is 14.3 Å². The zero-order chi connectivity index (χ0) is 17.6. The Morgan fingerprint density at radius 2 is 1.88 bits per heavy atom. The molecular formula is C19H18N2O4. The average molecular weight is 338 g/mol. The lowest BCUT2D eigenvalue weighted by Crippen LogP contribution is -2.22. The second-order valence-corrected chi connectivity index (χ2v) is 5.55. The molecule has 0 saturated carbocycles. The zero-order valence-corrected chi connectivity index (χ0v) is 13.8. The van der Waals surface area contributed by atoms with Gasteiger partial charge in [0.2, 0.25) is 5.90 Å². The fourth-order valence-corrected chi connectivity index (χ4v) is 2.43. The fraction of sp³-hybridized carbons (Fsp3) is 0.211. The Bertz CT molecular complexity index is 802. The number of para-hydroxylation sites is 1. The van der Waals surface area contributed by atoms with Crippen molar-refractivity contribution in [2.45, 2.75) is 13.0 Å². The van der Waals surface area contributed by atoms with Crippen molar-refractivity contribution in [1.29, 1.82) is 0 Å². The largest absolute Gasteiger partial charge is 0.468 e. The molecule has 0 radical (unpaired) electrons. The van der Waals surface area contributed by atoms with E-state index in [0.29, 0.717) is 29.3 Å². The van der Waals surface area contributed by atoms with Gasteiger partial charge in [0.15, 0.2) is 6.10 Å². The summed E-state index contributed by atoms with van der Waals surface area (Å²) in [5, 5.41) is 2.88. The Morgan fingerprint density at radius 1 is 1.16 bits per heavy atom. The van der Waals surface area contributed by atoms with Gasteiger partial charge in [-0.25, -0.2) is 4.99 Å². The van der Waals surface area contributed by atoms with E-state index in [4.69, 9.17) is 9.47 Å². The number of carbonyl (C=O) groups excluding carboxylic acids is 2. The Kier molecular flexibility index (Phi) is 5.09. The number of anilines is 1. The number of hydrogen-bond donors (Lipinski definition) is 1. The summed E-state index contributed by atoms with van der Waals surface area (Å²) in [5.74, 6) is -0.128. The smallest absolute Gasteiger partial charge is 0.302 e. The minimum absolute atomic E-state index is 0.154. The molecule has 1 aliphatic heterocycles. The molecule has 1 heterocycles. The van der Waals surface area contributed by atoms with E-state index in [-0.39, 0.29) is 24.6 Å². The number of esters is 1. The molecule has 1 atom stereocenters. The molecule has 0 bridgehead atoms. The second kappa shape index (κ2) is 7.61. The number of amides is 1. The van der Waals surface area contributed by atoms with Gasteiger partial charge in [0, 0.05) is 12.5 Å². The minimum Gasteiger partial charge on any atom is -0.468 e. The van der Waals surface area contributed by atoms with Crippen LogP contribution < -0.4 is 5.32 Å². The minimum atomic E-state index is -0.354. The second-order valence-electron chi connectivity index (χ2n) is 5.55. The van der Waals surface area contributed by atoms with Crippen LogP contribution in [-0.4, -0.2) is 37.0 Å². The van der Waals surface area contributed by atoms with Gasteiger partial charge < -0.3 is 14.8 Å². The molecule has 0 aromatic heterocycles. The van der Waals surface area contributed by atoms with Gasteiger partial charge in [0.1, 0.15) is 6.61 Å². The standard InChI is InChI=1S/C19H18N2O4/c1-13(22)24-12-15-11-20-19(25-15)16-9-5-6-10-17(16)21-18(23)14-7-3-2-4-8-14/h2-10,15H,11-12H2,1H3,(H,21,23)/t15-/m0/s1. The van der Waals surface area contributed by atoms with Crippen LogP contribution in [0.5, 0.6) is 0 Å². The molecule has 3 rings (SSSR count). The lowest BCUT2D eigenvalue weighted by atomic mass is 10.1. The Hall–Kier alpha value is -3.15. The van der Waals surface area contributed by atoms with E-state index in [2.05, 4.69) is 10.3 Å². The third kappa shape index (κ3) is 4.23. The van der Waals surface area contributed by atoms with Crippen LogP contribution in [0.15, 0.2) is 59.6 Å². The van der Waals surface area contributed by atoms with E-state index in [1.807, 2.05) is 36.4 Å². The normalized spacial score (nSPS) is 15.9. The zero-order valence-electron chi connectivity index (χ0n) is 13.8. The summed E-state index contributed by atoms with van der Waals surface area (Å²) in [5.41, 5.74) is 1.87. The number of ether oxygens (including phenoxy) is 2. The molecule has 0 fully saturated rings. The third-order valence-corrected chi connectivity index (χ3v) is 3.63. The highest BCUT2D eigenvalue weighted by atomic mass is 16.6. The van der Waals surface area contributed by atoms with Gasteiger partial charge in [-0.2, -0.15) is 0 Å². The summed E-state index contributed by atoms with van der Waals surface area (Å²) in [7, 11) is 0. The molecular weight excluding hydrogens is 320 g/mol. The number of nitrogens with one attached hydrogen (secondary N) is 1. The monoisotopic (exact) mass is 338 g/mol. The van der Waals surface area contributed by atoms with Crippen molar-refractivity contribution in [2.24, 2.45) is 4.99 Å². The maximum absolute atomic E-state index is 12.4. The van der Waals surface area contributed by atoms with Crippen molar-refractivity contribution in [2.75, 3.05) is 18.5 Å². The van der Waals surface area contributed by atoms with Crippen LogP contribution in [0.1, 0.15) is 22.8 Å². The Morgan fingerprint density at radius 3 is 2.64 bits per heavy atom. The summed E-state index contributed by atoms with van der Waals surface area (Å²) in [6.07, 6.45) is -0.309. The van der Waals surface area contributed by atoms with E-state index < -0.39 is 0 Å². The Balaban J connectivity index is 1.72. The fourth-order valence-electron chi connectivity index (χ4n) is 2.43. The third-order valence-electron chi connectivity index (χ3n) is 3.63. The molecule has 128 valence electrons. The van der Waals surface area contributed by atoms with Gasteiger partial charge in [-0.1, -0.05) is 30.3 Å². The molecule has 6 heteroatoms. The molecule has 1 amide bonds. The van der Waals surface area contributed by atoms with Crippen LogP contribution in [0.25, 0.3) is 0 Å². The topological polar surface area (TPSA) is 77.0 Å². The van der Waals surface area contributed by atoms with Gasteiger partial charge in [-0.05, 0) is 24.3 Å². The number of hydrogen-bond acceptors (Lipinski definition) is 5. The summed E-state index contributed by atoms with van der Waals surface area (Å²) >= 11 is 0. The van der Waals surface area contributed by atoms with Gasteiger partial charge in [0.25, 0.3) is 5.91 Å². The van der Waals surface area contributed by atoms with Gasteiger partial charge in [-0.3, -0.25) is 9.59 Å². The molecule has 2 aromatic carbocycles. The van der Waals surface area contributed by atoms with E-state index in [1.54, 1.807) is 18.2 Å². The Labute approximate surface area is 145 Å². The van der Waals surface area contributed by atoms with Crippen molar-refractivity contribution in [3.05, 3.63) is 65.7 Å². The molecule has 0 spiro atoms. The lowest BCUT2D eigenvalue weighted by molar-refractivity contribution is -0.143. The van der Waals surface area contributed by atoms with Crippen molar-refractivity contribution >= 4 is 23.5 Å². The number of carbonyl (C=O) groups is 2. The maximum Gasteiger partial charge on any atom is 0.302 e. The van der Waals surface area contributed by atoms with Crippen LogP contribution in [0.4, 0.5) is 5.69 Å². The molecule has 0 unspecified atom stereocenters. The van der Waals surface area contributed by atoms with Gasteiger partial charge >= 0.3 is 5.97 Å². The molecule has 1 aliphatic rings. The number of benzene rings is 2. The van der Waals surface area contributed by atoms with Crippen molar-refractivity contribution in [3.63, 3.8) is 0 Å². The molecule has 6 nitrogen and oxygen atoms in total. The van der Waals surface area contributed by atoms with Crippen molar-refractivity contribution in [3.8, 4) is 0 Å². The van der Waals surface area contributed by atoms with Crippen molar-refractivity contribution < 1.29 is 19.1 Å². The van der Waals surface area contributed by atoms with E-state index in [1.165, 1.54) is 6.92 Å². The van der Waals surface area contributed by atoms with Crippen molar-refractivity contribution in [1.82, 2.24) is 0 Å². The molecule has 2 aromatic rings. The van der Waals surface area contributed by atoms with Crippen LogP contribution in [0, 0.1) is 0 Å². The van der Waals surface area contributed by atoms with E-state index in [9.17, 15) is 9.59 Å². The lowest BCUT2D eigenvalue weighted by Gasteiger charge is -2.14. The first kappa shape index (κ1) is 16.7. The summed E-state index contributed by atoms with van der Waals surface area (Å²) in [4.78, 5) is 27.6. The summed E-state index contributed by atoms with van der Waals surface area (Å²) in [6.45, 7) is 1.91. The van der Waals surface area contributed by atoms with E-state index >= 15 is 0 Å². The van der Waals surface area contributed by atoms with Crippen LogP contribution in [0.3, 0.4) is 0 Å². The van der Waals surface area contributed by atoms with Crippen LogP contribution in [0.2, 0.25) is 0 Å².